The van der Waals surface area contributed by atoms with Gasteiger partial charge in [-0.05, 0) is 49.9 Å². The van der Waals surface area contributed by atoms with Crippen molar-refractivity contribution in [3.8, 4) is 11.5 Å². The highest BCUT2D eigenvalue weighted by atomic mass is 35.5. The van der Waals surface area contributed by atoms with Gasteiger partial charge in [0.1, 0.15) is 0 Å². The smallest absolute Gasteiger partial charge is 0.231 e. The summed E-state index contributed by atoms with van der Waals surface area (Å²) >= 11 is 0. The fourth-order valence-electron chi connectivity index (χ4n) is 2.32. The number of rotatable bonds is 4. The first-order valence-corrected chi connectivity index (χ1v) is 5.92. The Labute approximate surface area is 108 Å². The van der Waals surface area contributed by atoms with Gasteiger partial charge < -0.3 is 14.8 Å². The Morgan fingerprint density at radius 3 is 2.76 bits per heavy atom. The van der Waals surface area contributed by atoms with Gasteiger partial charge in [0.05, 0.1) is 0 Å². The standard InChI is InChI=1S/C13H17NO2.ClH/c1-14-11(10-3-4-10)6-9-2-5-12-13(7-9)16-8-15-12;/h2,5,7,10-11,14H,3-4,6,8H2,1H3;1H/t11-;/m1./s1. The van der Waals surface area contributed by atoms with Crippen LogP contribution < -0.4 is 14.8 Å². The molecule has 1 heterocycles. The van der Waals surface area contributed by atoms with Gasteiger partial charge in [-0.1, -0.05) is 6.07 Å². The summed E-state index contributed by atoms with van der Waals surface area (Å²) in [5.41, 5.74) is 1.33. The van der Waals surface area contributed by atoms with Crippen molar-refractivity contribution < 1.29 is 9.47 Å². The molecule has 1 N–H and O–H groups in total. The van der Waals surface area contributed by atoms with E-state index in [2.05, 4.69) is 24.5 Å². The lowest BCUT2D eigenvalue weighted by Crippen LogP contribution is -2.29. The maximum atomic E-state index is 5.39. The Bertz CT molecular complexity index is 393. The Balaban J connectivity index is 0.00000108. The Morgan fingerprint density at radius 1 is 1.29 bits per heavy atom. The number of hydrogen-bond acceptors (Lipinski definition) is 3. The van der Waals surface area contributed by atoms with Crippen molar-refractivity contribution in [1.29, 1.82) is 0 Å². The minimum atomic E-state index is 0. The van der Waals surface area contributed by atoms with Crippen LogP contribution in [0.4, 0.5) is 0 Å². The van der Waals surface area contributed by atoms with E-state index in [1.165, 1.54) is 18.4 Å². The summed E-state index contributed by atoms with van der Waals surface area (Å²) in [6, 6.07) is 6.87. The highest BCUT2D eigenvalue weighted by molar-refractivity contribution is 5.85. The number of halogens is 1. The summed E-state index contributed by atoms with van der Waals surface area (Å²) in [6.07, 6.45) is 3.82. The summed E-state index contributed by atoms with van der Waals surface area (Å²) in [4.78, 5) is 0. The zero-order valence-corrected chi connectivity index (χ0v) is 10.8. The molecule has 94 valence electrons. The van der Waals surface area contributed by atoms with Crippen molar-refractivity contribution >= 4 is 12.4 Å². The summed E-state index contributed by atoms with van der Waals surface area (Å²) in [6.45, 7) is 0.358. The summed E-state index contributed by atoms with van der Waals surface area (Å²) in [7, 11) is 2.05. The number of nitrogens with one attached hydrogen (secondary N) is 1. The zero-order valence-electron chi connectivity index (χ0n) is 9.94. The molecule has 4 heteroatoms. The summed E-state index contributed by atoms with van der Waals surface area (Å²) in [5.74, 6) is 2.63. The van der Waals surface area contributed by atoms with Gasteiger partial charge in [0.25, 0.3) is 0 Å². The van der Waals surface area contributed by atoms with Crippen LogP contribution >= 0.6 is 12.4 Å². The SMILES string of the molecule is CN[C@H](Cc1ccc2c(c1)OCO2)C1CC1.Cl. The maximum absolute atomic E-state index is 5.39. The number of ether oxygens (including phenoxy) is 2. The van der Waals surface area contributed by atoms with E-state index >= 15 is 0 Å². The summed E-state index contributed by atoms with van der Waals surface area (Å²) < 4.78 is 10.7. The molecular formula is C13H18ClNO2. The van der Waals surface area contributed by atoms with Gasteiger partial charge in [-0.15, -0.1) is 12.4 Å². The number of hydrogen-bond donors (Lipinski definition) is 1. The average molecular weight is 256 g/mol. The van der Waals surface area contributed by atoms with E-state index in [-0.39, 0.29) is 12.4 Å². The van der Waals surface area contributed by atoms with E-state index in [1.807, 2.05) is 6.07 Å². The number of benzene rings is 1. The molecule has 0 aromatic heterocycles. The molecule has 2 aliphatic rings. The van der Waals surface area contributed by atoms with E-state index in [1.54, 1.807) is 0 Å². The normalized spacial score (nSPS) is 18.6. The molecule has 3 nitrogen and oxygen atoms in total. The fraction of sp³-hybridized carbons (Fsp3) is 0.538. The minimum absolute atomic E-state index is 0. The van der Waals surface area contributed by atoms with Crippen LogP contribution in [0.15, 0.2) is 18.2 Å². The summed E-state index contributed by atoms with van der Waals surface area (Å²) in [5, 5.41) is 3.41. The highest BCUT2D eigenvalue weighted by Gasteiger charge is 2.30. The van der Waals surface area contributed by atoms with E-state index < -0.39 is 0 Å². The predicted octanol–water partition coefficient (Wildman–Crippen LogP) is 2.38. The average Bonchev–Trinajstić information content (AvgIpc) is 3.04. The lowest BCUT2D eigenvalue weighted by atomic mass is 10.0. The molecule has 0 spiro atoms. The fourth-order valence-corrected chi connectivity index (χ4v) is 2.32. The molecule has 0 amide bonds. The predicted molar refractivity (Wildman–Crippen MR) is 69.1 cm³/mol. The van der Waals surface area contributed by atoms with Crippen LogP contribution in [0.3, 0.4) is 0 Å². The monoisotopic (exact) mass is 255 g/mol. The van der Waals surface area contributed by atoms with Crippen LogP contribution in [0.1, 0.15) is 18.4 Å². The van der Waals surface area contributed by atoms with Crippen LogP contribution in [0.25, 0.3) is 0 Å². The first-order valence-electron chi connectivity index (χ1n) is 5.92. The van der Waals surface area contributed by atoms with E-state index in [9.17, 15) is 0 Å². The Hall–Kier alpha value is -0.930. The van der Waals surface area contributed by atoms with Gasteiger partial charge >= 0.3 is 0 Å². The number of likely N-dealkylation sites (N-methyl/N-ethyl adjacent to an activating group) is 1. The number of fused-ring (bicyclic) bond motifs is 1. The second kappa shape index (κ2) is 5.15. The van der Waals surface area contributed by atoms with E-state index in [0.717, 1.165) is 23.8 Å². The highest BCUT2D eigenvalue weighted by Crippen LogP contribution is 2.36. The quantitative estimate of drug-likeness (QED) is 0.896. The van der Waals surface area contributed by atoms with Crippen molar-refractivity contribution in [2.45, 2.75) is 25.3 Å². The van der Waals surface area contributed by atoms with Gasteiger partial charge in [0.2, 0.25) is 6.79 Å². The molecule has 1 atom stereocenters. The maximum Gasteiger partial charge on any atom is 0.231 e. The van der Waals surface area contributed by atoms with Crippen molar-refractivity contribution in [3.05, 3.63) is 23.8 Å². The van der Waals surface area contributed by atoms with Gasteiger partial charge in [-0.3, -0.25) is 0 Å². The van der Waals surface area contributed by atoms with Crippen molar-refractivity contribution in [2.24, 2.45) is 5.92 Å². The molecular weight excluding hydrogens is 238 g/mol. The molecule has 0 unspecified atom stereocenters. The molecule has 1 saturated carbocycles. The third-order valence-electron chi connectivity index (χ3n) is 3.45. The third-order valence-corrected chi connectivity index (χ3v) is 3.45. The lowest BCUT2D eigenvalue weighted by molar-refractivity contribution is 0.174. The first-order chi connectivity index (χ1) is 7.86. The van der Waals surface area contributed by atoms with Crippen molar-refractivity contribution in [3.63, 3.8) is 0 Å². The third kappa shape index (κ3) is 2.67. The van der Waals surface area contributed by atoms with Crippen LogP contribution in [0.2, 0.25) is 0 Å². The first kappa shape index (κ1) is 12.5. The molecule has 3 rings (SSSR count). The van der Waals surface area contributed by atoms with Gasteiger partial charge in [-0.25, -0.2) is 0 Å². The van der Waals surface area contributed by atoms with E-state index in [4.69, 9.17) is 9.47 Å². The molecule has 0 bridgehead atoms. The van der Waals surface area contributed by atoms with Gasteiger partial charge in [0.15, 0.2) is 11.5 Å². The van der Waals surface area contributed by atoms with Crippen LogP contribution in [0, 0.1) is 5.92 Å². The second-order valence-electron chi connectivity index (χ2n) is 4.62. The molecule has 1 aromatic carbocycles. The molecule has 1 fully saturated rings. The Kier molecular flexibility index (Phi) is 3.79. The molecule has 0 radical (unpaired) electrons. The second-order valence-corrected chi connectivity index (χ2v) is 4.62. The topological polar surface area (TPSA) is 30.5 Å². The van der Waals surface area contributed by atoms with Crippen molar-refractivity contribution in [2.75, 3.05) is 13.8 Å². The zero-order chi connectivity index (χ0) is 11.0. The lowest BCUT2D eigenvalue weighted by Gasteiger charge is -2.15. The van der Waals surface area contributed by atoms with Crippen LogP contribution in [-0.4, -0.2) is 19.9 Å². The van der Waals surface area contributed by atoms with Gasteiger partial charge in [-0.2, -0.15) is 0 Å². The Morgan fingerprint density at radius 2 is 2.06 bits per heavy atom. The van der Waals surface area contributed by atoms with Crippen molar-refractivity contribution in [1.82, 2.24) is 5.32 Å². The minimum Gasteiger partial charge on any atom is -0.454 e. The van der Waals surface area contributed by atoms with Gasteiger partial charge in [0, 0.05) is 6.04 Å². The molecule has 17 heavy (non-hydrogen) atoms. The molecule has 1 aliphatic carbocycles. The van der Waals surface area contributed by atoms with Crippen LogP contribution in [0.5, 0.6) is 11.5 Å². The molecule has 1 aromatic rings. The molecule has 1 aliphatic heterocycles. The van der Waals surface area contributed by atoms with E-state index in [0.29, 0.717) is 12.8 Å². The van der Waals surface area contributed by atoms with Crippen LogP contribution in [-0.2, 0) is 6.42 Å². The molecule has 0 saturated heterocycles. The largest absolute Gasteiger partial charge is 0.454 e.